The highest BCUT2D eigenvalue weighted by molar-refractivity contribution is 6.01. The van der Waals surface area contributed by atoms with E-state index in [9.17, 15) is 4.79 Å². The molecule has 0 aliphatic rings. The highest BCUT2D eigenvalue weighted by Gasteiger charge is 2.15. The topological polar surface area (TPSA) is 70.7 Å². The van der Waals surface area contributed by atoms with Crippen molar-refractivity contribution in [1.82, 2.24) is 15.2 Å². The number of carbonyl (C=O) groups excluding carboxylic acids is 1. The van der Waals surface area contributed by atoms with Crippen molar-refractivity contribution in [2.45, 2.75) is 39.5 Å². The molecule has 0 spiro atoms. The third kappa shape index (κ3) is 3.23. The molecular formula is C15H20N4O. The van der Waals surface area contributed by atoms with Crippen LogP contribution in [0.4, 0.5) is 5.69 Å². The molecule has 0 bridgehead atoms. The van der Waals surface area contributed by atoms with Gasteiger partial charge in [-0.3, -0.25) is 9.89 Å². The zero-order valence-corrected chi connectivity index (χ0v) is 12.3. The van der Waals surface area contributed by atoms with Gasteiger partial charge in [0.2, 0.25) is 5.82 Å². The average molecular weight is 272 g/mol. The van der Waals surface area contributed by atoms with Crippen molar-refractivity contribution in [3.63, 3.8) is 0 Å². The first-order chi connectivity index (χ1) is 9.40. The van der Waals surface area contributed by atoms with E-state index < -0.39 is 0 Å². The van der Waals surface area contributed by atoms with Gasteiger partial charge >= 0.3 is 0 Å². The Balaban J connectivity index is 2.08. The van der Waals surface area contributed by atoms with Gasteiger partial charge in [-0.05, 0) is 23.1 Å². The van der Waals surface area contributed by atoms with Crippen LogP contribution in [0.2, 0.25) is 0 Å². The molecule has 5 heteroatoms. The van der Waals surface area contributed by atoms with E-state index in [1.165, 1.54) is 5.56 Å². The first-order valence-electron chi connectivity index (χ1n) is 6.73. The van der Waals surface area contributed by atoms with E-state index >= 15 is 0 Å². The molecule has 0 radical (unpaired) electrons. The summed E-state index contributed by atoms with van der Waals surface area (Å²) in [5, 5.41) is 9.41. The van der Waals surface area contributed by atoms with Crippen molar-refractivity contribution in [2.24, 2.45) is 0 Å². The summed E-state index contributed by atoms with van der Waals surface area (Å²) < 4.78 is 0. The van der Waals surface area contributed by atoms with Crippen LogP contribution >= 0.6 is 0 Å². The molecule has 0 saturated heterocycles. The Hall–Kier alpha value is -2.17. The Morgan fingerprint density at radius 1 is 1.25 bits per heavy atom. The second kappa shape index (κ2) is 5.45. The summed E-state index contributed by atoms with van der Waals surface area (Å²) in [5.74, 6) is 0.574. The Bertz CT molecular complexity index is 593. The number of aryl methyl sites for hydroxylation is 1. The van der Waals surface area contributed by atoms with Crippen molar-refractivity contribution in [3.05, 3.63) is 41.5 Å². The molecule has 1 aromatic heterocycles. The molecule has 2 N–H and O–H groups in total. The van der Waals surface area contributed by atoms with E-state index in [1.807, 2.05) is 31.2 Å². The van der Waals surface area contributed by atoms with Gasteiger partial charge < -0.3 is 5.32 Å². The number of H-pyrrole nitrogens is 1. The number of nitrogens with one attached hydrogen (secondary N) is 2. The van der Waals surface area contributed by atoms with Gasteiger partial charge in [0.25, 0.3) is 5.91 Å². The molecule has 0 saturated carbocycles. The number of rotatable bonds is 3. The Labute approximate surface area is 118 Å². The average Bonchev–Trinajstić information content (AvgIpc) is 2.87. The van der Waals surface area contributed by atoms with Crippen LogP contribution in [0.1, 0.15) is 49.7 Å². The van der Waals surface area contributed by atoms with Crippen LogP contribution in [0.25, 0.3) is 0 Å². The smallest absolute Gasteiger partial charge is 0.295 e. The van der Waals surface area contributed by atoms with Gasteiger partial charge in [-0.25, -0.2) is 4.98 Å². The maximum Gasteiger partial charge on any atom is 0.295 e. The van der Waals surface area contributed by atoms with E-state index in [0.717, 1.165) is 12.1 Å². The van der Waals surface area contributed by atoms with Crippen LogP contribution in [-0.4, -0.2) is 21.1 Å². The highest BCUT2D eigenvalue weighted by Crippen LogP contribution is 2.23. The maximum absolute atomic E-state index is 12.0. The highest BCUT2D eigenvalue weighted by atomic mass is 16.2. The number of amides is 1. The van der Waals surface area contributed by atoms with Gasteiger partial charge in [0.15, 0.2) is 0 Å². The van der Waals surface area contributed by atoms with Crippen molar-refractivity contribution < 1.29 is 4.79 Å². The van der Waals surface area contributed by atoms with Crippen LogP contribution < -0.4 is 5.32 Å². The lowest BCUT2D eigenvalue weighted by Gasteiger charge is -2.19. The fourth-order valence-electron chi connectivity index (χ4n) is 1.80. The van der Waals surface area contributed by atoms with Gasteiger partial charge in [0, 0.05) is 12.1 Å². The number of aromatic amines is 1. The summed E-state index contributed by atoms with van der Waals surface area (Å²) in [7, 11) is 0. The normalized spacial score (nSPS) is 11.4. The summed E-state index contributed by atoms with van der Waals surface area (Å²) in [6, 6.07) is 7.83. The molecule has 0 aliphatic carbocycles. The molecule has 2 aromatic rings. The first-order valence-corrected chi connectivity index (χ1v) is 6.73. The number of hydrogen-bond donors (Lipinski definition) is 2. The van der Waals surface area contributed by atoms with Gasteiger partial charge in [-0.2, -0.15) is 0 Å². The number of benzene rings is 1. The SMILES string of the molecule is CCc1nc(C(=O)Nc2ccc(C(C)(C)C)cc2)n[nH]1. The number of carbonyl (C=O) groups is 1. The van der Waals surface area contributed by atoms with E-state index in [4.69, 9.17) is 0 Å². The summed E-state index contributed by atoms with van der Waals surface area (Å²) in [4.78, 5) is 16.1. The third-order valence-electron chi connectivity index (χ3n) is 3.08. The fourth-order valence-corrected chi connectivity index (χ4v) is 1.80. The Morgan fingerprint density at radius 2 is 1.90 bits per heavy atom. The lowest BCUT2D eigenvalue weighted by molar-refractivity contribution is 0.101. The van der Waals surface area contributed by atoms with Crippen LogP contribution in [0, 0.1) is 0 Å². The minimum Gasteiger partial charge on any atom is -0.319 e. The van der Waals surface area contributed by atoms with Gasteiger partial charge in [0.1, 0.15) is 5.82 Å². The maximum atomic E-state index is 12.0. The molecule has 1 aromatic carbocycles. The molecular weight excluding hydrogens is 252 g/mol. The van der Waals surface area contributed by atoms with E-state index in [-0.39, 0.29) is 17.1 Å². The number of hydrogen-bond acceptors (Lipinski definition) is 3. The molecule has 20 heavy (non-hydrogen) atoms. The van der Waals surface area contributed by atoms with Crippen LogP contribution in [0.3, 0.4) is 0 Å². The van der Waals surface area contributed by atoms with Crippen molar-refractivity contribution in [3.8, 4) is 0 Å². The summed E-state index contributed by atoms with van der Waals surface area (Å²) >= 11 is 0. The molecule has 0 atom stereocenters. The number of aromatic nitrogens is 3. The van der Waals surface area contributed by atoms with Gasteiger partial charge in [0.05, 0.1) is 0 Å². The van der Waals surface area contributed by atoms with Crippen molar-refractivity contribution >= 4 is 11.6 Å². The summed E-state index contributed by atoms with van der Waals surface area (Å²) in [5.41, 5.74) is 2.06. The molecule has 1 amide bonds. The molecule has 2 rings (SSSR count). The second-order valence-electron chi connectivity index (χ2n) is 5.74. The van der Waals surface area contributed by atoms with Crippen molar-refractivity contribution in [1.29, 1.82) is 0 Å². The number of anilines is 1. The van der Waals surface area contributed by atoms with Crippen molar-refractivity contribution in [2.75, 3.05) is 5.32 Å². The van der Waals surface area contributed by atoms with Gasteiger partial charge in [-0.1, -0.05) is 39.8 Å². The van der Waals surface area contributed by atoms with Gasteiger partial charge in [-0.15, -0.1) is 5.10 Å². The van der Waals surface area contributed by atoms with Crippen LogP contribution in [0.15, 0.2) is 24.3 Å². The molecule has 0 unspecified atom stereocenters. The first kappa shape index (κ1) is 14.2. The standard InChI is InChI=1S/C15H20N4O/c1-5-12-17-13(19-18-12)14(20)16-11-8-6-10(7-9-11)15(2,3)4/h6-9H,5H2,1-4H3,(H,16,20)(H,17,18,19). The van der Waals surface area contributed by atoms with E-state index in [1.54, 1.807) is 0 Å². The zero-order valence-electron chi connectivity index (χ0n) is 12.3. The Morgan fingerprint density at radius 3 is 2.40 bits per heavy atom. The number of nitrogens with zero attached hydrogens (tertiary/aromatic N) is 2. The minimum atomic E-state index is -0.301. The molecule has 106 valence electrons. The molecule has 5 nitrogen and oxygen atoms in total. The monoisotopic (exact) mass is 272 g/mol. The Kier molecular flexibility index (Phi) is 3.88. The fraction of sp³-hybridized carbons (Fsp3) is 0.400. The largest absolute Gasteiger partial charge is 0.319 e. The third-order valence-corrected chi connectivity index (χ3v) is 3.08. The van der Waals surface area contributed by atoms with Crippen LogP contribution in [-0.2, 0) is 11.8 Å². The predicted octanol–water partition coefficient (Wildman–Crippen LogP) is 2.92. The summed E-state index contributed by atoms with van der Waals surface area (Å²) in [6.07, 6.45) is 0.723. The predicted molar refractivity (Wildman–Crippen MR) is 78.9 cm³/mol. The lowest BCUT2D eigenvalue weighted by Crippen LogP contribution is -2.15. The lowest BCUT2D eigenvalue weighted by atomic mass is 9.87. The second-order valence-corrected chi connectivity index (χ2v) is 5.74. The minimum absolute atomic E-state index is 0.0995. The van der Waals surface area contributed by atoms with E-state index in [0.29, 0.717) is 5.82 Å². The molecule has 0 aliphatic heterocycles. The van der Waals surface area contributed by atoms with Crippen LogP contribution in [0.5, 0.6) is 0 Å². The zero-order chi connectivity index (χ0) is 14.8. The molecule has 0 fully saturated rings. The van der Waals surface area contributed by atoms with E-state index in [2.05, 4.69) is 41.3 Å². The summed E-state index contributed by atoms with van der Waals surface area (Å²) in [6.45, 7) is 8.41. The molecule has 1 heterocycles. The quantitative estimate of drug-likeness (QED) is 0.902.